The fraction of sp³-hybridized carbons (Fsp3) is 0.200. The Balaban J connectivity index is 1.81. The number of hydrogen-bond acceptors (Lipinski definition) is 5. The van der Waals surface area contributed by atoms with Crippen LogP contribution in [0, 0.1) is 0 Å². The maximum absolute atomic E-state index is 13.1. The molecule has 0 aliphatic heterocycles. The molecular weight excluding hydrogens is 401 g/mol. The quantitative estimate of drug-likeness (QED) is 0.614. The molecule has 3 rings (SSSR count). The van der Waals surface area contributed by atoms with Crippen molar-refractivity contribution in [3.05, 3.63) is 66.2 Å². The third-order valence-electron chi connectivity index (χ3n) is 4.19. The summed E-state index contributed by atoms with van der Waals surface area (Å²) in [5.41, 5.74) is -0.314. The molecule has 0 bridgehead atoms. The van der Waals surface area contributed by atoms with Crippen molar-refractivity contribution in [2.45, 2.75) is 26.1 Å². The van der Waals surface area contributed by atoms with Gasteiger partial charge in [-0.15, -0.1) is 0 Å². The lowest BCUT2D eigenvalue weighted by Gasteiger charge is -2.18. The van der Waals surface area contributed by atoms with Crippen LogP contribution in [0.1, 0.15) is 29.8 Å². The van der Waals surface area contributed by atoms with E-state index in [0.717, 1.165) is 12.1 Å². The van der Waals surface area contributed by atoms with Crippen LogP contribution < -0.4 is 10.1 Å². The minimum absolute atomic E-state index is 0.0947. The molecule has 0 saturated carbocycles. The zero-order valence-electron chi connectivity index (χ0n) is 16.0. The van der Waals surface area contributed by atoms with Gasteiger partial charge >= 0.3 is 6.18 Å². The summed E-state index contributed by atoms with van der Waals surface area (Å²) in [5, 5.41) is 6.35. The number of ketones is 1. The van der Waals surface area contributed by atoms with Crippen LogP contribution in [0.15, 0.2) is 55.1 Å². The smallest absolute Gasteiger partial charge is 0.416 e. The topological polar surface area (TPSA) is 86.1 Å². The zero-order chi connectivity index (χ0) is 21.9. The molecule has 0 aliphatic rings. The maximum Gasteiger partial charge on any atom is 0.416 e. The van der Waals surface area contributed by atoms with Crippen molar-refractivity contribution >= 4 is 17.4 Å². The monoisotopic (exact) mass is 418 g/mol. The Bertz CT molecular complexity index is 1050. The van der Waals surface area contributed by atoms with E-state index in [1.165, 1.54) is 49.4 Å². The minimum atomic E-state index is -4.58. The lowest BCUT2D eigenvalue weighted by molar-refractivity contribution is -0.137. The molecular formula is C20H17F3N4O3. The number of amides is 1. The van der Waals surface area contributed by atoms with Crippen LogP contribution in [0.5, 0.6) is 5.75 Å². The van der Waals surface area contributed by atoms with Crippen LogP contribution >= 0.6 is 0 Å². The van der Waals surface area contributed by atoms with Gasteiger partial charge in [0.2, 0.25) is 0 Å². The van der Waals surface area contributed by atoms with E-state index in [4.69, 9.17) is 4.74 Å². The fourth-order valence-corrected chi connectivity index (χ4v) is 2.61. The van der Waals surface area contributed by atoms with Gasteiger partial charge < -0.3 is 10.1 Å². The predicted octanol–water partition coefficient (Wildman–Crippen LogP) is 3.89. The average molecular weight is 418 g/mol. The number of carbonyl (C=O) groups excluding carboxylic acids is 2. The van der Waals surface area contributed by atoms with E-state index < -0.39 is 23.8 Å². The summed E-state index contributed by atoms with van der Waals surface area (Å²) < 4.78 is 46.1. The fourth-order valence-electron chi connectivity index (χ4n) is 2.61. The molecule has 3 aromatic rings. The molecule has 0 unspecified atom stereocenters. The summed E-state index contributed by atoms with van der Waals surface area (Å²) in [5.74, 6) is -0.438. The van der Waals surface area contributed by atoms with Gasteiger partial charge in [0.05, 0.1) is 16.9 Å². The van der Waals surface area contributed by atoms with Gasteiger partial charge in [-0.25, -0.2) is 9.67 Å². The molecule has 0 radical (unpaired) electrons. The summed E-state index contributed by atoms with van der Waals surface area (Å²) >= 11 is 0. The van der Waals surface area contributed by atoms with Gasteiger partial charge in [0.15, 0.2) is 11.9 Å². The number of alkyl halides is 3. The highest BCUT2D eigenvalue weighted by atomic mass is 19.4. The molecule has 7 nitrogen and oxygen atoms in total. The molecule has 1 aromatic heterocycles. The highest BCUT2D eigenvalue weighted by molar-refractivity contribution is 5.96. The Hall–Kier alpha value is -3.69. The number of Topliss-reactive ketones (excluding diaryl/α,β-unsaturated/α-hetero) is 1. The van der Waals surface area contributed by atoms with Gasteiger partial charge in [-0.1, -0.05) is 0 Å². The summed E-state index contributed by atoms with van der Waals surface area (Å²) in [6.07, 6.45) is -3.08. The second kappa shape index (κ2) is 8.36. The molecule has 1 amide bonds. The predicted molar refractivity (Wildman–Crippen MR) is 102 cm³/mol. The van der Waals surface area contributed by atoms with Crippen LogP contribution in [0.4, 0.5) is 18.9 Å². The van der Waals surface area contributed by atoms with Gasteiger partial charge in [0, 0.05) is 5.56 Å². The van der Waals surface area contributed by atoms with Crippen molar-refractivity contribution in [3.63, 3.8) is 0 Å². The number of nitrogens with one attached hydrogen (secondary N) is 1. The second-order valence-corrected chi connectivity index (χ2v) is 6.40. The van der Waals surface area contributed by atoms with Gasteiger partial charge in [-0.2, -0.15) is 18.3 Å². The number of halogens is 3. The van der Waals surface area contributed by atoms with E-state index in [1.807, 2.05) is 0 Å². The molecule has 156 valence electrons. The number of aromatic nitrogens is 3. The number of benzene rings is 2. The first-order valence-electron chi connectivity index (χ1n) is 8.80. The van der Waals surface area contributed by atoms with Crippen molar-refractivity contribution in [2.24, 2.45) is 0 Å². The standard InChI is InChI=1S/C20H17F3N4O3/c1-12(28)14-3-6-16(7-4-14)30-13(2)19(29)26-17-9-15(20(21,22)23)5-8-18(17)27-11-24-10-25-27/h3-11,13H,1-2H3,(H,26,29)/t13-/m1/s1. The SMILES string of the molecule is CC(=O)c1ccc(O[C@H](C)C(=O)Nc2cc(C(F)(F)F)ccc2-n2cncn2)cc1. The number of carbonyl (C=O) groups is 2. The van der Waals surface area contributed by atoms with Crippen molar-refractivity contribution in [1.82, 2.24) is 14.8 Å². The highest BCUT2D eigenvalue weighted by Gasteiger charge is 2.31. The Kier molecular flexibility index (Phi) is 5.86. The summed E-state index contributed by atoms with van der Waals surface area (Å²) in [4.78, 5) is 27.6. The van der Waals surface area contributed by atoms with Crippen LogP contribution in [0.2, 0.25) is 0 Å². The number of ether oxygens (including phenoxy) is 1. The van der Waals surface area contributed by atoms with E-state index in [2.05, 4.69) is 15.4 Å². The number of rotatable bonds is 6. The van der Waals surface area contributed by atoms with E-state index in [0.29, 0.717) is 11.3 Å². The maximum atomic E-state index is 13.1. The molecule has 0 saturated heterocycles. The first kappa shape index (κ1) is 21.0. The third kappa shape index (κ3) is 4.83. The number of nitrogens with zero attached hydrogens (tertiary/aromatic N) is 3. The molecule has 2 aromatic carbocycles. The van der Waals surface area contributed by atoms with E-state index in [-0.39, 0.29) is 17.2 Å². The summed E-state index contributed by atoms with van der Waals surface area (Å²) in [6, 6.07) is 9.08. The second-order valence-electron chi connectivity index (χ2n) is 6.40. The molecule has 0 aliphatic carbocycles. The third-order valence-corrected chi connectivity index (χ3v) is 4.19. The van der Waals surface area contributed by atoms with Crippen molar-refractivity contribution < 1.29 is 27.5 Å². The minimum Gasteiger partial charge on any atom is -0.481 e. The Morgan fingerprint density at radius 1 is 1.13 bits per heavy atom. The van der Waals surface area contributed by atoms with E-state index in [1.54, 1.807) is 12.1 Å². The zero-order valence-corrected chi connectivity index (χ0v) is 16.0. The Morgan fingerprint density at radius 3 is 2.40 bits per heavy atom. The lowest BCUT2D eigenvalue weighted by atomic mass is 10.1. The van der Waals surface area contributed by atoms with Crippen molar-refractivity contribution in [2.75, 3.05) is 5.32 Å². The first-order valence-corrected chi connectivity index (χ1v) is 8.80. The van der Waals surface area contributed by atoms with Gasteiger partial charge in [0.25, 0.3) is 5.91 Å². The van der Waals surface area contributed by atoms with Crippen molar-refractivity contribution in [3.8, 4) is 11.4 Å². The normalized spacial score (nSPS) is 12.3. The molecule has 1 N–H and O–H groups in total. The average Bonchev–Trinajstić information content (AvgIpc) is 3.22. The number of anilines is 1. The first-order chi connectivity index (χ1) is 14.1. The lowest BCUT2D eigenvalue weighted by Crippen LogP contribution is -2.30. The van der Waals surface area contributed by atoms with E-state index >= 15 is 0 Å². The highest BCUT2D eigenvalue weighted by Crippen LogP contribution is 2.33. The summed E-state index contributed by atoms with van der Waals surface area (Å²) in [7, 11) is 0. The van der Waals surface area contributed by atoms with Crippen molar-refractivity contribution in [1.29, 1.82) is 0 Å². The van der Waals surface area contributed by atoms with Gasteiger partial charge in [-0.05, 0) is 56.3 Å². The van der Waals surface area contributed by atoms with Crippen LogP contribution in [-0.4, -0.2) is 32.6 Å². The van der Waals surface area contributed by atoms with Crippen LogP contribution in [0.25, 0.3) is 5.69 Å². The van der Waals surface area contributed by atoms with Crippen LogP contribution in [-0.2, 0) is 11.0 Å². The Labute approximate surface area is 169 Å². The molecule has 1 atom stereocenters. The Morgan fingerprint density at radius 2 is 1.83 bits per heavy atom. The largest absolute Gasteiger partial charge is 0.481 e. The van der Waals surface area contributed by atoms with Gasteiger partial charge in [-0.3, -0.25) is 9.59 Å². The number of hydrogen-bond donors (Lipinski definition) is 1. The van der Waals surface area contributed by atoms with E-state index in [9.17, 15) is 22.8 Å². The van der Waals surface area contributed by atoms with Gasteiger partial charge in [0.1, 0.15) is 18.4 Å². The van der Waals surface area contributed by atoms with Crippen LogP contribution in [0.3, 0.4) is 0 Å². The molecule has 30 heavy (non-hydrogen) atoms. The summed E-state index contributed by atoms with van der Waals surface area (Å²) in [6.45, 7) is 2.88. The molecule has 0 spiro atoms. The molecule has 10 heteroatoms. The molecule has 0 fully saturated rings. The molecule has 1 heterocycles.